The Morgan fingerprint density at radius 2 is 2.09 bits per heavy atom. The van der Waals surface area contributed by atoms with Gasteiger partial charge in [-0.15, -0.1) is 11.3 Å². The van der Waals surface area contributed by atoms with Gasteiger partial charge in [0.2, 0.25) is 5.91 Å². The summed E-state index contributed by atoms with van der Waals surface area (Å²) in [5, 5.41) is 10.3. The molecule has 0 spiro atoms. The average molecular weight is 332 g/mol. The van der Waals surface area contributed by atoms with Crippen molar-refractivity contribution in [2.24, 2.45) is 5.41 Å². The number of nitrogens with zero attached hydrogens (tertiary/aromatic N) is 2. The molecule has 0 aliphatic heterocycles. The number of aliphatic carboxylic acids is 1. The van der Waals surface area contributed by atoms with Gasteiger partial charge in [-0.1, -0.05) is 18.6 Å². The Bertz CT molecular complexity index is 718. The lowest BCUT2D eigenvalue weighted by Gasteiger charge is -2.38. The van der Waals surface area contributed by atoms with Gasteiger partial charge in [0, 0.05) is 13.5 Å². The monoisotopic (exact) mass is 332 g/mol. The summed E-state index contributed by atoms with van der Waals surface area (Å²) in [4.78, 5) is 30.2. The number of carbonyl (C=O) groups excluding carboxylic acids is 1. The van der Waals surface area contributed by atoms with Crippen molar-refractivity contribution in [3.8, 4) is 0 Å². The van der Waals surface area contributed by atoms with E-state index in [2.05, 4.69) is 4.98 Å². The maximum atomic E-state index is 12.5. The van der Waals surface area contributed by atoms with Gasteiger partial charge >= 0.3 is 5.97 Å². The zero-order chi connectivity index (χ0) is 16.6. The van der Waals surface area contributed by atoms with Gasteiger partial charge in [-0.25, -0.2) is 4.98 Å². The van der Waals surface area contributed by atoms with Crippen LogP contribution in [0.15, 0.2) is 24.3 Å². The fourth-order valence-corrected chi connectivity index (χ4v) is 4.00. The Balaban J connectivity index is 1.74. The van der Waals surface area contributed by atoms with Gasteiger partial charge in [0.25, 0.3) is 0 Å². The van der Waals surface area contributed by atoms with Crippen LogP contribution in [0.25, 0.3) is 10.2 Å². The third-order valence-electron chi connectivity index (χ3n) is 4.90. The fraction of sp³-hybridized carbons (Fsp3) is 0.471. The number of rotatable bonds is 5. The van der Waals surface area contributed by atoms with Gasteiger partial charge in [0.1, 0.15) is 5.01 Å². The molecule has 1 amide bonds. The van der Waals surface area contributed by atoms with Crippen LogP contribution in [-0.4, -0.2) is 33.9 Å². The normalized spacial score (nSPS) is 17.5. The first-order chi connectivity index (χ1) is 10.9. The van der Waals surface area contributed by atoms with E-state index in [9.17, 15) is 14.7 Å². The maximum absolute atomic E-state index is 12.5. The van der Waals surface area contributed by atoms with Crippen LogP contribution in [0, 0.1) is 5.41 Å². The number of carboxylic acid groups (broad SMARTS) is 1. The largest absolute Gasteiger partial charge is 0.481 e. The molecule has 1 unspecified atom stereocenters. The second kappa shape index (κ2) is 5.92. The zero-order valence-corrected chi connectivity index (χ0v) is 14.1. The standard InChI is InChI=1S/C17H20N2O3S/c1-11(15-18-12-6-3-4-7-13(12)23-15)19(2)14(20)10-17(16(21)22)8-5-9-17/h3-4,6-7,11H,5,8-10H2,1-2H3,(H,21,22). The molecule has 0 bridgehead atoms. The minimum Gasteiger partial charge on any atom is -0.481 e. The summed E-state index contributed by atoms with van der Waals surface area (Å²) in [6.45, 7) is 1.93. The number of aromatic nitrogens is 1. The molecule has 5 nitrogen and oxygen atoms in total. The van der Waals surface area contributed by atoms with Crippen LogP contribution < -0.4 is 0 Å². The third-order valence-corrected chi connectivity index (χ3v) is 6.10. The Hall–Kier alpha value is -1.95. The van der Waals surface area contributed by atoms with E-state index in [0.29, 0.717) is 12.8 Å². The SMILES string of the molecule is CC(c1nc2ccccc2s1)N(C)C(=O)CC1(C(=O)O)CCC1. The maximum Gasteiger partial charge on any atom is 0.310 e. The lowest BCUT2D eigenvalue weighted by atomic mass is 9.66. The number of carboxylic acids is 1. The van der Waals surface area contributed by atoms with Gasteiger partial charge in [-0.3, -0.25) is 9.59 Å². The second-order valence-electron chi connectivity index (χ2n) is 6.32. The lowest BCUT2D eigenvalue weighted by Crippen LogP contribution is -2.43. The fourth-order valence-electron chi connectivity index (χ4n) is 2.93. The molecular weight excluding hydrogens is 312 g/mol. The highest BCUT2D eigenvalue weighted by Gasteiger charge is 2.46. The number of thiazole rings is 1. The van der Waals surface area contributed by atoms with E-state index in [4.69, 9.17) is 0 Å². The molecule has 1 saturated carbocycles. The zero-order valence-electron chi connectivity index (χ0n) is 13.3. The Kier molecular flexibility index (Phi) is 4.10. The van der Waals surface area contributed by atoms with E-state index in [1.165, 1.54) is 0 Å². The van der Waals surface area contributed by atoms with Crippen LogP contribution in [0.1, 0.15) is 43.7 Å². The average Bonchev–Trinajstić information content (AvgIpc) is 2.92. The number of hydrogen-bond acceptors (Lipinski definition) is 4. The van der Waals surface area contributed by atoms with Crippen molar-refractivity contribution in [2.75, 3.05) is 7.05 Å². The van der Waals surface area contributed by atoms with Crippen LogP contribution in [0.2, 0.25) is 0 Å². The highest BCUT2D eigenvalue weighted by Crippen LogP contribution is 2.45. The topological polar surface area (TPSA) is 70.5 Å². The van der Waals surface area contributed by atoms with E-state index < -0.39 is 11.4 Å². The van der Waals surface area contributed by atoms with E-state index in [1.807, 2.05) is 31.2 Å². The number of amides is 1. The Labute approximate surface area is 138 Å². The summed E-state index contributed by atoms with van der Waals surface area (Å²) >= 11 is 1.57. The lowest BCUT2D eigenvalue weighted by molar-refractivity contribution is -0.159. The van der Waals surface area contributed by atoms with E-state index in [-0.39, 0.29) is 18.4 Å². The molecule has 0 saturated heterocycles. The van der Waals surface area contributed by atoms with E-state index in [1.54, 1.807) is 23.3 Å². The molecule has 1 heterocycles. The van der Waals surface area contributed by atoms with Gasteiger partial charge < -0.3 is 10.0 Å². The van der Waals surface area contributed by atoms with Gasteiger partial charge in [-0.05, 0) is 31.9 Å². The van der Waals surface area contributed by atoms with E-state index >= 15 is 0 Å². The van der Waals surface area contributed by atoms with Crippen molar-refractivity contribution in [3.63, 3.8) is 0 Å². The Morgan fingerprint density at radius 3 is 2.65 bits per heavy atom. The number of carbonyl (C=O) groups is 2. The highest BCUT2D eigenvalue weighted by molar-refractivity contribution is 7.18. The van der Waals surface area contributed by atoms with Crippen molar-refractivity contribution >= 4 is 33.4 Å². The molecule has 1 N–H and O–H groups in total. The van der Waals surface area contributed by atoms with Gasteiger partial charge in [0.15, 0.2) is 0 Å². The van der Waals surface area contributed by atoms with Gasteiger partial charge in [0.05, 0.1) is 21.7 Å². The molecule has 6 heteroatoms. The summed E-state index contributed by atoms with van der Waals surface area (Å²) in [6.07, 6.45) is 2.15. The van der Waals surface area contributed by atoms with Crippen molar-refractivity contribution in [1.82, 2.24) is 9.88 Å². The molecule has 23 heavy (non-hydrogen) atoms. The predicted octanol–water partition coefficient (Wildman–Crippen LogP) is 3.46. The minimum absolute atomic E-state index is 0.0774. The quantitative estimate of drug-likeness (QED) is 0.910. The number of hydrogen-bond donors (Lipinski definition) is 1. The molecule has 1 atom stereocenters. The summed E-state index contributed by atoms with van der Waals surface area (Å²) in [5.74, 6) is -0.975. The molecule has 3 rings (SSSR count). The van der Waals surface area contributed by atoms with E-state index in [0.717, 1.165) is 21.6 Å². The van der Waals surface area contributed by atoms with Crippen LogP contribution in [0.5, 0.6) is 0 Å². The highest BCUT2D eigenvalue weighted by atomic mass is 32.1. The van der Waals surface area contributed by atoms with Crippen LogP contribution in [-0.2, 0) is 9.59 Å². The molecule has 2 aromatic rings. The Morgan fingerprint density at radius 1 is 1.39 bits per heavy atom. The van der Waals surface area contributed by atoms with Crippen molar-refractivity contribution in [1.29, 1.82) is 0 Å². The first-order valence-electron chi connectivity index (χ1n) is 7.77. The predicted molar refractivity (Wildman–Crippen MR) is 89.3 cm³/mol. The molecule has 1 aliphatic rings. The molecule has 1 aliphatic carbocycles. The molecule has 0 radical (unpaired) electrons. The smallest absolute Gasteiger partial charge is 0.310 e. The number of fused-ring (bicyclic) bond motifs is 1. The first-order valence-corrected chi connectivity index (χ1v) is 8.59. The van der Waals surface area contributed by atoms with Crippen molar-refractivity contribution < 1.29 is 14.7 Å². The van der Waals surface area contributed by atoms with Crippen LogP contribution in [0.3, 0.4) is 0 Å². The van der Waals surface area contributed by atoms with Gasteiger partial charge in [-0.2, -0.15) is 0 Å². The number of benzene rings is 1. The molecular formula is C17H20N2O3S. The van der Waals surface area contributed by atoms with Crippen LogP contribution >= 0.6 is 11.3 Å². The summed E-state index contributed by atoms with van der Waals surface area (Å²) in [6, 6.07) is 7.72. The first kappa shape index (κ1) is 15.9. The summed E-state index contributed by atoms with van der Waals surface area (Å²) in [5.41, 5.74) is 0.0831. The van der Waals surface area contributed by atoms with Crippen molar-refractivity contribution in [2.45, 2.75) is 38.6 Å². The summed E-state index contributed by atoms with van der Waals surface area (Å²) in [7, 11) is 1.73. The molecule has 122 valence electrons. The molecule has 1 fully saturated rings. The third kappa shape index (κ3) is 2.83. The van der Waals surface area contributed by atoms with Crippen molar-refractivity contribution in [3.05, 3.63) is 29.3 Å². The number of para-hydroxylation sites is 1. The van der Waals surface area contributed by atoms with Crippen LogP contribution in [0.4, 0.5) is 0 Å². The second-order valence-corrected chi connectivity index (χ2v) is 7.38. The minimum atomic E-state index is -0.849. The summed E-state index contributed by atoms with van der Waals surface area (Å²) < 4.78 is 1.09. The molecule has 1 aromatic heterocycles. The molecule has 1 aromatic carbocycles.